The van der Waals surface area contributed by atoms with Crippen LogP contribution in [0.3, 0.4) is 0 Å². The lowest BCUT2D eigenvalue weighted by atomic mass is 9.94. The Morgan fingerprint density at radius 3 is 2.70 bits per heavy atom. The van der Waals surface area contributed by atoms with Crippen molar-refractivity contribution in [2.75, 3.05) is 32.7 Å². The number of hydrogen-bond donors (Lipinski definition) is 1. The Morgan fingerprint density at radius 2 is 1.96 bits per heavy atom. The van der Waals surface area contributed by atoms with E-state index in [9.17, 15) is 0 Å². The molecule has 0 radical (unpaired) electrons. The van der Waals surface area contributed by atoms with Gasteiger partial charge in [0.2, 0.25) is 0 Å². The Kier molecular flexibility index (Phi) is 7.09. The van der Waals surface area contributed by atoms with Crippen molar-refractivity contribution in [1.29, 1.82) is 0 Å². The first-order valence-corrected chi connectivity index (χ1v) is 10.0. The molecule has 1 aliphatic rings. The van der Waals surface area contributed by atoms with E-state index in [1.165, 1.54) is 19.3 Å². The summed E-state index contributed by atoms with van der Waals surface area (Å²) in [5, 5.41) is 0. The van der Waals surface area contributed by atoms with Gasteiger partial charge in [-0.1, -0.05) is 26.2 Å². The number of hydrogen-bond acceptors (Lipinski definition) is 7. The Labute approximate surface area is 160 Å². The summed E-state index contributed by atoms with van der Waals surface area (Å²) >= 11 is 0. The summed E-state index contributed by atoms with van der Waals surface area (Å²) in [6.07, 6.45) is 7.80. The van der Waals surface area contributed by atoms with Gasteiger partial charge in [-0.05, 0) is 31.6 Å². The largest absolute Gasteiger partial charge is 0.468 e. The molecule has 3 heterocycles. The molecule has 1 aliphatic heterocycles. The standard InChI is InChI=1S/C19H31N5O3/c1-3-4-11-27-18-22-16(20)15-17(23-18)24(19(21-15)25-2)10-6-5-7-14-8-12-26-13-9-14/h14H,3-13H2,1-2H3,(H2,20,22,23). The van der Waals surface area contributed by atoms with Crippen molar-refractivity contribution in [2.45, 2.75) is 58.4 Å². The van der Waals surface area contributed by atoms with E-state index in [2.05, 4.69) is 21.9 Å². The summed E-state index contributed by atoms with van der Waals surface area (Å²) in [6, 6.07) is 0.822. The van der Waals surface area contributed by atoms with Crippen LogP contribution in [0.15, 0.2) is 0 Å². The average Bonchev–Trinajstić information content (AvgIpc) is 3.04. The molecule has 2 aromatic rings. The first kappa shape index (κ1) is 19.7. The van der Waals surface area contributed by atoms with Gasteiger partial charge in [-0.3, -0.25) is 4.57 Å². The van der Waals surface area contributed by atoms with Crippen LogP contribution in [0, 0.1) is 5.92 Å². The minimum absolute atomic E-state index is 0.305. The normalized spacial score (nSPS) is 15.3. The number of aryl methyl sites for hydroxylation is 1. The number of nitrogens with zero attached hydrogens (tertiary/aromatic N) is 4. The smallest absolute Gasteiger partial charge is 0.320 e. The van der Waals surface area contributed by atoms with E-state index in [1.807, 2.05) is 4.57 Å². The predicted molar refractivity (Wildman–Crippen MR) is 104 cm³/mol. The maximum absolute atomic E-state index is 6.08. The summed E-state index contributed by atoms with van der Waals surface area (Å²) in [7, 11) is 1.61. The number of aromatic nitrogens is 4. The molecular formula is C19H31N5O3. The van der Waals surface area contributed by atoms with E-state index in [0.717, 1.165) is 51.4 Å². The van der Waals surface area contributed by atoms with E-state index < -0.39 is 0 Å². The minimum Gasteiger partial charge on any atom is -0.468 e. The first-order valence-electron chi connectivity index (χ1n) is 10.0. The highest BCUT2D eigenvalue weighted by Gasteiger charge is 2.18. The molecular weight excluding hydrogens is 346 g/mol. The number of methoxy groups -OCH3 is 1. The zero-order valence-electron chi connectivity index (χ0n) is 16.4. The van der Waals surface area contributed by atoms with Gasteiger partial charge in [0.1, 0.15) is 0 Å². The molecule has 2 aromatic heterocycles. The van der Waals surface area contributed by atoms with Crippen molar-refractivity contribution in [3.05, 3.63) is 0 Å². The van der Waals surface area contributed by atoms with Gasteiger partial charge in [-0.15, -0.1) is 0 Å². The van der Waals surface area contributed by atoms with Gasteiger partial charge in [-0.25, -0.2) is 0 Å². The van der Waals surface area contributed by atoms with Crippen molar-refractivity contribution < 1.29 is 14.2 Å². The summed E-state index contributed by atoms with van der Waals surface area (Å²) in [5.41, 5.74) is 7.32. The van der Waals surface area contributed by atoms with Crippen LogP contribution in [-0.4, -0.2) is 46.4 Å². The molecule has 8 nitrogen and oxygen atoms in total. The highest BCUT2D eigenvalue weighted by atomic mass is 16.5. The van der Waals surface area contributed by atoms with Crippen molar-refractivity contribution in [2.24, 2.45) is 5.92 Å². The molecule has 0 bridgehead atoms. The number of fused-ring (bicyclic) bond motifs is 1. The number of anilines is 1. The van der Waals surface area contributed by atoms with E-state index >= 15 is 0 Å². The molecule has 150 valence electrons. The Bertz CT molecular complexity index is 728. The lowest BCUT2D eigenvalue weighted by Gasteiger charge is -2.21. The molecule has 1 fully saturated rings. The van der Waals surface area contributed by atoms with Crippen LogP contribution in [0.4, 0.5) is 5.82 Å². The van der Waals surface area contributed by atoms with Crippen molar-refractivity contribution in [1.82, 2.24) is 19.5 Å². The van der Waals surface area contributed by atoms with Crippen LogP contribution >= 0.6 is 0 Å². The first-order chi connectivity index (χ1) is 13.2. The zero-order valence-corrected chi connectivity index (χ0v) is 16.4. The second-order valence-electron chi connectivity index (χ2n) is 7.07. The lowest BCUT2D eigenvalue weighted by molar-refractivity contribution is 0.0630. The van der Waals surface area contributed by atoms with Crippen molar-refractivity contribution in [3.63, 3.8) is 0 Å². The molecule has 0 aliphatic carbocycles. The number of nitrogen functional groups attached to an aromatic ring is 1. The molecule has 27 heavy (non-hydrogen) atoms. The minimum atomic E-state index is 0.305. The third-order valence-corrected chi connectivity index (χ3v) is 5.06. The van der Waals surface area contributed by atoms with Crippen LogP contribution < -0.4 is 15.2 Å². The summed E-state index contributed by atoms with van der Waals surface area (Å²) in [5.74, 6) is 1.11. The molecule has 0 amide bonds. The SMILES string of the molecule is CCCCOc1nc(N)c2nc(OC)n(CCCCC3CCOCC3)c2n1. The van der Waals surface area contributed by atoms with Crippen LogP contribution in [0.5, 0.6) is 12.0 Å². The maximum atomic E-state index is 6.08. The highest BCUT2D eigenvalue weighted by molar-refractivity contribution is 5.83. The van der Waals surface area contributed by atoms with Crippen molar-refractivity contribution >= 4 is 17.0 Å². The second-order valence-corrected chi connectivity index (χ2v) is 7.07. The molecule has 3 rings (SSSR count). The summed E-state index contributed by atoms with van der Waals surface area (Å²) < 4.78 is 18.5. The van der Waals surface area contributed by atoms with Crippen LogP contribution in [-0.2, 0) is 11.3 Å². The third-order valence-electron chi connectivity index (χ3n) is 5.06. The second kappa shape index (κ2) is 9.73. The van der Waals surface area contributed by atoms with E-state index in [1.54, 1.807) is 7.11 Å². The van der Waals surface area contributed by atoms with Gasteiger partial charge >= 0.3 is 6.01 Å². The number of nitrogens with two attached hydrogens (primary N) is 1. The van der Waals surface area contributed by atoms with Gasteiger partial charge < -0.3 is 19.9 Å². The summed E-state index contributed by atoms with van der Waals surface area (Å²) in [4.78, 5) is 13.2. The fourth-order valence-corrected chi connectivity index (χ4v) is 3.45. The molecule has 0 spiro atoms. The van der Waals surface area contributed by atoms with E-state index in [4.69, 9.17) is 19.9 Å². The molecule has 0 atom stereocenters. The number of unbranched alkanes of at least 4 members (excludes halogenated alkanes) is 2. The number of imidazole rings is 1. The van der Waals surface area contributed by atoms with Crippen molar-refractivity contribution in [3.8, 4) is 12.0 Å². The van der Waals surface area contributed by atoms with Crippen LogP contribution in [0.25, 0.3) is 11.2 Å². The fourth-order valence-electron chi connectivity index (χ4n) is 3.45. The zero-order chi connectivity index (χ0) is 19.1. The van der Waals surface area contributed by atoms with Gasteiger partial charge in [0.25, 0.3) is 6.01 Å². The lowest BCUT2D eigenvalue weighted by Crippen LogP contribution is -2.15. The van der Waals surface area contributed by atoms with Crippen LogP contribution in [0.1, 0.15) is 51.9 Å². The fraction of sp³-hybridized carbons (Fsp3) is 0.737. The average molecular weight is 377 g/mol. The Morgan fingerprint density at radius 1 is 1.15 bits per heavy atom. The molecule has 0 unspecified atom stereocenters. The Balaban J connectivity index is 1.68. The van der Waals surface area contributed by atoms with Gasteiger partial charge in [0, 0.05) is 19.8 Å². The molecule has 8 heteroatoms. The number of rotatable bonds is 10. The van der Waals surface area contributed by atoms with E-state index in [-0.39, 0.29) is 0 Å². The predicted octanol–water partition coefficient (Wildman–Crippen LogP) is 3.19. The summed E-state index contributed by atoms with van der Waals surface area (Å²) in [6.45, 7) is 5.29. The van der Waals surface area contributed by atoms with Gasteiger partial charge in [-0.2, -0.15) is 15.0 Å². The quantitative estimate of drug-likeness (QED) is 0.635. The third kappa shape index (κ3) is 5.00. The van der Waals surface area contributed by atoms with Gasteiger partial charge in [0.15, 0.2) is 17.0 Å². The molecule has 2 N–H and O–H groups in total. The molecule has 0 aromatic carbocycles. The highest BCUT2D eigenvalue weighted by Crippen LogP contribution is 2.27. The van der Waals surface area contributed by atoms with E-state index in [0.29, 0.717) is 35.6 Å². The van der Waals surface area contributed by atoms with Crippen LogP contribution in [0.2, 0.25) is 0 Å². The molecule has 0 saturated carbocycles. The topological polar surface area (TPSA) is 97.3 Å². The maximum Gasteiger partial charge on any atom is 0.320 e. The monoisotopic (exact) mass is 377 g/mol. The van der Waals surface area contributed by atoms with Gasteiger partial charge in [0.05, 0.1) is 13.7 Å². The number of ether oxygens (including phenoxy) is 3. The Hall–Kier alpha value is -2.09. The molecule has 1 saturated heterocycles.